The Morgan fingerprint density at radius 3 is 2.63 bits per heavy atom. The number of oxazole rings is 1. The van der Waals surface area contributed by atoms with E-state index >= 15 is 0 Å². The van der Waals surface area contributed by atoms with Crippen molar-refractivity contribution in [3.63, 3.8) is 0 Å². The van der Waals surface area contributed by atoms with Gasteiger partial charge in [-0.05, 0) is 40.0 Å². The number of hydrogen-bond acceptors (Lipinski definition) is 3. The summed E-state index contributed by atoms with van der Waals surface area (Å²) in [6.45, 7) is 3.73. The van der Waals surface area contributed by atoms with Crippen LogP contribution in [0.5, 0.6) is 0 Å². The monoisotopic (exact) mass is 343 g/mol. The highest BCUT2D eigenvalue weighted by Gasteiger charge is 2.22. The Hall–Kier alpha value is -1.33. The highest BCUT2D eigenvalue weighted by molar-refractivity contribution is 9.10. The van der Waals surface area contributed by atoms with E-state index in [-0.39, 0.29) is 17.6 Å². The Balaban J connectivity index is 2.54. The molecule has 1 heterocycles. The molecule has 1 aromatic heterocycles. The maximum atomic E-state index is 11.1. The first-order valence-electron chi connectivity index (χ1n) is 5.59. The van der Waals surface area contributed by atoms with E-state index in [0.29, 0.717) is 16.3 Å². The molecule has 0 fully saturated rings. The van der Waals surface area contributed by atoms with Gasteiger partial charge in [-0.3, -0.25) is 0 Å². The molecule has 1 aromatic carbocycles. The van der Waals surface area contributed by atoms with E-state index in [4.69, 9.17) is 21.1 Å². The Labute approximate surface area is 123 Å². The molecule has 0 aliphatic rings. The van der Waals surface area contributed by atoms with Gasteiger partial charge in [-0.1, -0.05) is 25.4 Å². The average molecular weight is 345 g/mol. The van der Waals surface area contributed by atoms with Gasteiger partial charge in [0, 0.05) is 10.0 Å². The molecule has 0 bridgehead atoms. The minimum Gasteiger partial charge on any atom is -0.475 e. The summed E-state index contributed by atoms with van der Waals surface area (Å²) in [5, 5.41) is 9.62. The van der Waals surface area contributed by atoms with E-state index in [0.717, 1.165) is 4.47 Å². The molecule has 1 N–H and O–H groups in total. The Morgan fingerprint density at radius 1 is 1.47 bits per heavy atom. The zero-order valence-electron chi connectivity index (χ0n) is 10.3. The molecular weight excluding hydrogens is 334 g/mol. The van der Waals surface area contributed by atoms with E-state index < -0.39 is 5.97 Å². The van der Waals surface area contributed by atoms with E-state index in [1.807, 2.05) is 13.8 Å². The minimum atomic E-state index is -1.12. The first-order chi connectivity index (χ1) is 8.90. The van der Waals surface area contributed by atoms with Crippen molar-refractivity contribution in [1.82, 2.24) is 4.98 Å². The summed E-state index contributed by atoms with van der Waals surface area (Å²) < 4.78 is 6.09. The SMILES string of the molecule is CC(C)c1nc(-c2ccc(Br)c(Cl)c2)oc1C(=O)O. The fraction of sp³-hybridized carbons (Fsp3) is 0.231. The first-order valence-corrected chi connectivity index (χ1v) is 6.76. The largest absolute Gasteiger partial charge is 0.475 e. The standard InChI is InChI=1S/C13H11BrClNO3/c1-6(2)10-11(13(17)18)19-12(16-10)7-3-4-8(14)9(15)5-7/h3-6H,1-2H3,(H,17,18). The molecule has 0 amide bonds. The molecule has 4 nitrogen and oxygen atoms in total. The van der Waals surface area contributed by atoms with Gasteiger partial charge in [-0.15, -0.1) is 0 Å². The highest BCUT2D eigenvalue weighted by atomic mass is 79.9. The number of carboxylic acids is 1. The second-order valence-electron chi connectivity index (χ2n) is 4.32. The van der Waals surface area contributed by atoms with Crippen LogP contribution in [0.25, 0.3) is 11.5 Å². The number of carboxylic acid groups (broad SMARTS) is 1. The Morgan fingerprint density at radius 2 is 2.16 bits per heavy atom. The number of halogens is 2. The van der Waals surface area contributed by atoms with Gasteiger partial charge in [0.15, 0.2) is 0 Å². The molecule has 0 aliphatic carbocycles. The second-order valence-corrected chi connectivity index (χ2v) is 5.58. The first kappa shape index (κ1) is 14.1. The van der Waals surface area contributed by atoms with Gasteiger partial charge in [-0.2, -0.15) is 0 Å². The number of benzene rings is 1. The lowest BCUT2D eigenvalue weighted by molar-refractivity contribution is 0.0661. The summed E-state index contributed by atoms with van der Waals surface area (Å²) in [5.41, 5.74) is 1.07. The van der Waals surface area contributed by atoms with Crippen molar-refractivity contribution < 1.29 is 14.3 Å². The van der Waals surface area contributed by atoms with Crippen LogP contribution in [0.15, 0.2) is 27.1 Å². The van der Waals surface area contributed by atoms with Crippen molar-refractivity contribution in [1.29, 1.82) is 0 Å². The molecule has 0 saturated carbocycles. The lowest BCUT2D eigenvalue weighted by Crippen LogP contribution is -2.01. The van der Waals surface area contributed by atoms with E-state index in [9.17, 15) is 4.79 Å². The Bertz CT molecular complexity index is 637. The van der Waals surface area contributed by atoms with Crippen LogP contribution in [-0.2, 0) is 0 Å². The summed E-state index contributed by atoms with van der Waals surface area (Å²) in [4.78, 5) is 15.4. The lowest BCUT2D eigenvalue weighted by Gasteiger charge is -1.99. The third kappa shape index (κ3) is 2.82. The van der Waals surface area contributed by atoms with Crippen molar-refractivity contribution in [3.05, 3.63) is 39.1 Å². The van der Waals surface area contributed by atoms with Crippen molar-refractivity contribution in [2.45, 2.75) is 19.8 Å². The second kappa shape index (κ2) is 5.35. The van der Waals surface area contributed by atoms with Crippen molar-refractivity contribution in [2.75, 3.05) is 0 Å². The summed E-state index contributed by atoms with van der Waals surface area (Å²) in [5.74, 6) is -1.01. The van der Waals surface area contributed by atoms with Crippen molar-refractivity contribution in [2.24, 2.45) is 0 Å². The number of aromatic carboxylic acids is 1. The molecule has 2 aromatic rings. The molecule has 19 heavy (non-hydrogen) atoms. The summed E-state index contributed by atoms with van der Waals surface area (Å²) >= 11 is 9.29. The van der Waals surface area contributed by atoms with Crippen LogP contribution in [0.3, 0.4) is 0 Å². The summed E-state index contributed by atoms with van der Waals surface area (Å²) in [6.07, 6.45) is 0. The predicted molar refractivity (Wildman–Crippen MR) is 75.7 cm³/mol. The quantitative estimate of drug-likeness (QED) is 0.885. The molecular formula is C13H11BrClNO3. The summed E-state index contributed by atoms with van der Waals surface area (Å²) in [6, 6.07) is 5.20. The number of aromatic nitrogens is 1. The molecule has 0 aliphatic heterocycles. The van der Waals surface area contributed by atoms with Crippen LogP contribution < -0.4 is 0 Å². The molecule has 0 saturated heterocycles. The smallest absolute Gasteiger partial charge is 0.373 e. The Kier molecular flexibility index (Phi) is 3.96. The molecule has 6 heteroatoms. The highest BCUT2D eigenvalue weighted by Crippen LogP contribution is 2.31. The lowest BCUT2D eigenvalue weighted by atomic mass is 10.1. The van der Waals surface area contributed by atoms with Gasteiger partial charge >= 0.3 is 5.97 Å². The van der Waals surface area contributed by atoms with Gasteiger partial charge in [0.25, 0.3) is 0 Å². The maximum Gasteiger partial charge on any atom is 0.373 e. The van der Waals surface area contributed by atoms with Gasteiger partial charge in [0.2, 0.25) is 11.7 Å². The zero-order chi connectivity index (χ0) is 14.2. The van der Waals surface area contributed by atoms with E-state index in [1.165, 1.54) is 0 Å². The average Bonchev–Trinajstić information content (AvgIpc) is 2.78. The van der Waals surface area contributed by atoms with Crippen LogP contribution in [-0.4, -0.2) is 16.1 Å². The van der Waals surface area contributed by atoms with Crippen LogP contribution in [0.1, 0.15) is 36.0 Å². The normalized spacial score (nSPS) is 11.0. The number of hydrogen-bond donors (Lipinski definition) is 1. The third-order valence-corrected chi connectivity index (χ3v) is 3.79. The van der Waals surface area contributed by atoms with Crippen LogP contribution in [0, 0.1) is 0 Å². The topological polar surface area (TPSA) is 63.3 Å². The zero-order valence-corrected chi connectivity index (χ0v) is 12.6. The van der Waals surface area contributed by atoms with E-state index in [1.54, 1.807) is 18.2 Å². The van der Waals surface area contributed by atoms with Crippen molar-refractivity contribution in [3.8, 4) is 11.5 Å². The van der Waals surface area contributed by atoms with Crippen LogP contribution >= 0.6 is 27.5 Å². The van der Waals surface area contributed by atoms with Gasteiger partial charge < -0.3 is 9.52 Å². The molecule has 0 spiro atoms. The number of rotatable bonds is 3. The van der Waals surface area contributed by atoms with Gasteiger partial charge in [-0.25, -0.2) is 9.78 Å². The third-order valence-electron chi connectivity index (χ3n) is 2.56. The number of nitrogens with zero attached hydrogens (tertiary/aromatic N) is 1. The molecule has 2 rings (SSSR count). The van der Waals surface area contributed by atoms with Crippen molar-refractivity contribution >= 4 is 33.5 Å². The molecule has 100 valence electrons. The molecule has 0 unspecified atom stereocenters. The predicted octanol–water partition coefficient (Wildman–Crippen LogP) is 4.58. The van der Waals surface area contributed by atoms with E-state index in [2.05, 4.69) is 20.9 Å². The van der Waals surface area contributed by atoms with Crippen LogP contribution in [0.2, 0.25) is 5.02 Å². The molecule has 0 atom stereocenters. The number of carbonyl (C=O) groups is 1. The van der Waals surface area contributed by atoms with Gasteiger partial charge in [0.1, 0.15) is 0 Å². The fourth-order valence-electron chi connectivity index (χ4n) is 1.63. The maximum absolute atomic E-state index is 11.1. The summed E-state index contributed by atoms with van der Waals surface area (Å²) in [7, 11) is 0. The minimum absolute atomic E-state index is 0.0329. The fourth-order valence-corrected chi connectivity index (χ4v) is 2.06. The van der Waals surface area contributed by atoms with Gasteiger partial charge in [0.05, 0.1) is 10.7 Å². The molecule has 0 radical (unpaired) electrons. The van der Waals surface area contributed by atoms with Crippen LogP contribution in [0.4, 0.5) is 0 Å².